The van der Waals surface area contributed by atoms with Gasteiger partial charge in [-0.15, -0.1) is 11.3 Å². The molecule has 0 amide bonds. The summed E-state index contributed by atoms with van der Waals surface area (Å²) in [5.41, 5.74) is 21.8. The van der Waals surface area contributed by atoms with Gasteiger partial charge in [0.2, 0.25) is 0 Å². The highest BCUT2D eigenvalue weighted by Crippen LogP contribution is 2.60. The molecule has 0 atom stereocenters. The standard InChI is InChI=1S/C61H51BN2OS/c1-59(2,3)37-26-29-39(30-27-37)64-55-43(31-32-47-52(55)41-21-12-15-23-46(41)61(47,7)8)53-54-49(35-45-40-20-13-16-24-50(40)65-57(45)53)63(56-42-22-14-17-25-51(42)66-58(56)62(54)64)48-33-28-38(60(4,5)6)34-44(48)36-18-10-9-11-19-36/h9-35H,1-8H3. The monoisotopic (exact) mass is 870 g/mol. The number of thiophene rings is 1. The van der Waals surface area contributed by atoms with E-state index in [1.807, 2.05) is 11.3 Å². The smallest absolute Gasteiger partial charge is 0.343 e. The number of benzene rings is 8. The molecule has 3 nitrogen and oxygen atoms in total. The molecule has 0 fully saturated rings. The maximum Gasteiger partial charge on any atom is 0.343 e. The van der Waals surface area contributed by atoms with Gasteiger partial charge in [0, 0.05) is 70.4 Å². The van der Waals surface area contributed by atoms with Crippen LogP contribution in [0.5, 0.6) is 0 Å². The van der Waals surface area contributed by atoms with Gasteiger partial charge in [-0.1, -0.05) is 177 Å². The Kier molecular flexibility index (Phi) is 8.16. The first-order chi connectivity index (χ1) is 31.8. The van der Waals surface area contributed by atoms with Crippen LogP contribution in [-0.4, -0.2) is 6.85 Å². The van der Waals surface area contributed by atoms with E-state index < -0.39 is 0 Å². The molecule has 1 aliphatic carbocycles. The van der Waals surface area contributed by atoms with Crippen LogP contribution in [0.25, 0.3) is 65.4 Å². The second kappa shape index (κ2) is 13.6. The Bertz CT molecular complexity index is 3660. The Balaban J connectivity index is 1.23. The highest BCUT2D eigenvalue weighted by molar-refractivity contribution is 7.32. The first-order valence-corrected chi connectivity index (χ1v) is 24.3. The first-order valence-electron chi connectivity index (χ1n) is 23.5. The van der Waals surface area contributed by atoms with E-state index >= 15 is 0 Å². The Morgan fingerprint density at radius 1 is 0.530 bits per heavy atom. The maximum atomic E-state index is 7.20. The molecule has 8 aromatic carbocycles. The molecule has 0 saturated heterocycles. The van der Waals surface area contributed by atoms with Gasteiger partial charge in [0.1, 0.15) is 11.2 Å². The van der Waals surface area contributed by atoms with E-state index in [0.29, 0.717) is 0 Å². The van der Waals surface area contributed by atoms with Crippen molar-refractivity contribution >= 4 is 88.9 Å². The van der Waals surface area contributed by atoms with Crippen molar-refractivity contribution in [1.29, 1.82) is 0 Å². The summed E-state index contributed by atoms with van der Waals surface area (Å²) in [6.07, 6.45) is 0. The van der Waals surface area contributed by atoms with Crippen LogP contribution in [0.4, 0.5) is 28.4 Å². The quantitative estimate of drug-likeness (QED) is 0.165. The molecule has 13 rings (SSSR count). The van der Waals surface area contributed by atoms with Crippen molar-refractivity contribution in [1.82, 2.24) is 0 Å². The van der Waals surface area contributed by atoms with Gasteiger partial charge in [-0.25, -0.2) is 0 Å². The molecule has 0 unspecified atom stereocenters. The topological polar surface area (TPSA) is 19.6 Å². The lowest BCUT2D eigenvalue weighted by atomic mass is 9.46. The lowest BCUT2D eigenvalue weighted by Crippen LogP contribution is -2.60. The lowest BCUT2D eigenvalue weighted by Gasteiger charge is -2.46. The fourth-order valence-corrected chi connectivity index (χ4v) is 12.9. The number of hydrogen-bond donors (Lipinski definition) is 0. The summed E-state index contributed by atoms with van der Waals surface area (Å²) in [6, 6.07) is 61.8. The first kappa shape index (κ1) is 39.5. The summed E-state index contributed by atoms with van der Waals surface area (Å²) in [7, 11) is 0. The number of rotatable bonds is 3. The van der Waals surface area contributed by atoms with Crippen LogP contribution in [0.15, 0.2) is 168 Å². The zero-order chi connectivity index (χ0) is 45.0. The Labute approximate surface area is 392 Å². The van der Waals surface area contributed by atoms with E-state index in [1.165, 1.54) is 104 Å². The van der Waals surface area contributed by atoms with Crippen molar-refractivity contribution in [2.75, 3.05) is 9.71 Å². The van der Waals surface area contributed by atoms with E-state index in [9.17, 15) is 0 Å². The van der Waals surface area contributed by atoms with Crippen LogP contribution < -0.4 is 20.0 Å². The van der Waals surface area contributed by atoms with Crippen LogP contribution in [0, 0.1) is 0 Å². The third-order valence-electron chi connectivity index (χ3n) is 15.0. The summed E-state index contributed by atoms with van der Waals surface area (Å²) in [6.45, 7) is 18.5. The molecule has 0 spiro atoms. The van der Waals surface area contributed by atoms with Gasteiger partial charge in [-0.2, -0.15) is 0 Å². The second-order valence-corrected chi connectivity index (χ2v) is 22.4. The van der Waals surface area contributed by atoms with Crippen LogP contribution >= 0.6 is 11.3 Å². The molecule has 5 heteroatoms. The maximum absolute atomic E-state index is 7.20. The number of anilines is 5. The van der Waals surface area contributed by atoms with Gasteiger partial charge in [0.25, 0.3) is 0 Å². The van der Waals surface area contributed by atoms with Gasteiger partial charge < -0.3 is 14.1 Å². The van der Waals surface area contributed by atoms with E-state index in [2.05, 4.69) is 229 Å². The molecule has 320 valence electrons. The van der Waals surface area contributed by atoms with Crippen molar-refractivity contribution in [2.45, 2.75) is 71.6 Å². The van der Waals surface area contributed by atoms with E-state index in [-0.39, 0.29) is 23.1 Å². The molecule has 0 N–H and O–H groups in total. The molecule has 0 bridgehead atoms. The van der Waals surface area contributed by atoms with E-state index in [0.717, 1.165) is 21.9 Å². The largest absolute Gasteiger partial charge is 0.455 e. The van der Waals surface area contributed by atoms with Gasteiger partial charge in [-0.05, 0) is 92.1 Å². The van der Waals surface area contributed by atoms with E-state index in [1.54, 1.807) is 0 Å². The zero-order valence-electron chi connectivity index (χ0n) is 38.9. The molecule has 2 aromatic heterocycles. The minimum atomic E-state index is -0.182. The summed E-state index contributed by atoms with van der Waals surface area (Å²) in [5.74, 6) is 0. The van der Waals surface area contributed by atoms with Crippen LogP contribution in [-0.2, 0) is 16.2 Å². The van der Waals surface area contributed by atoms with Crippen LogP contribution in [0.2, 0.25) is 0 Å². The van der Waals surface area contributed by atoms with Crippen molar-refractivity contribution in [3.05, 3.63) is 186 Å². The summed E-state index contributed by atoms with van der Waals surface area (Å²) in [5, 5.41) is 3.53. The van der Waals surface area contributed by atoms with Crippen molar-refractivity contribution < 1.29 is 4.42 Å². The predicted octanol–water partition coefficient (Wildman–Crippen LogP) is 16.1. The molecular weight excluding hydrogens is 820 g/mol. The Morgan fingerprint density at radius 2 is 1.21 bits per heavy atom. The summed E-state index contributed by atoms with van der Waals surface area (Å²) < 4.78 is 9.81. The molecule has 0 radical (unpaired) electrons. The van der Waals surface area contributed by atoms with Crippen molar-refractivity contribution in [3.8, 4) is 33.4 Å². The highest BCUT2D eigenvalue weighted by Gasteiger charge is 2.51. The van der Waals surface area contributed by atoms with Crippen molar-refractivity contribution in [3.63, 3.8) is 0 Å². The Morgan fingerprint density at radius 3 is 1.98 bits per heavy atom. The molecule has 4 heterocycles. The number of fused-ring (bicyclic) bond motifs is 14. The zero-order valence-corrected chi connectivity index (χ0v) is 39.7. The Hall–Kier alpha value is -6.82. The highest BCUT2D eigenvalue weighted by atomic mass is 32.1. The van der Waals surface area contributed by atoms with Crippen LogP contribution in [0.3, 0.4) is 0 Å². The number of hydrogen-bond acceptors (Lipinski definition) is 4. The SMILES string of the molecule is CC(C)(C)c1ccc(N2B3c4sc5ccccc5c4N(c4ccc(C(C)(C)C)cc4-c4ccccc4)c4cc5c(oc6ccccc65)c(c43)-c3ccc4c(c32)-c2ccccc2C4(C)C)cc1. The van der Waals surface area contributed by atoms with Crippen LogP contribution in [0.1, 0.15) is 77.6 Å². The number of para-hydroxylation sites is 1. The predicted molar refractivity (Wildman–Crippen MR) is 283 cm³/mol. The molecular formula is C61H51BN2OS. The molecule has 3 aliphatic rings. The van der Waals surface area contributed by atoms with Gasteiger partial charge in [0.05, 0.1) is 11.4 Å². The number of furan rings is 1. The normalized spacial score (nSPS) is 14.7. The molecule has 10 aromatic rings. The van der Waals surface area contributed by atoms with Gasteiger partial charge >= 0.3 is 6.85 Å². The van der Waals surface area contributed by atoms with Crippen molar-refractivity contribution in [2.24, 2.45) is 0 Å². The van der Waals surface area contributed by atoms with Gasteiger partial charge in [0.15, 0.2) is 0 Å². The fraction of sp³-hybridized carbons (Fsp3) is 0.180. The summed E-state index contributed by atoms with van der Waals surface area (Å²) in [4.78, 5) is 5.36. The molecule has 0 saturated carbocycles. The molecule has 66 heavy (non-hydrogen) atoms. The second-order valence-electron chi connectivity index (χ2n) is 21.3. The summed E-state index contributed by atoms with van der Waals surface area (Å²) >= 11 is 1.94. The lowest BCUT2D eigenvalue weighted by molar-refractivity contribution is 0.590. The van der Waals surface area contributed by atoms with E-state index in [4.69, 9.17) is 4.42 Å². The third-order valence-corrected chi connectivity index (χ3v) is 16.2. The van der Waals surface area contributed by atoms with Gasteiger partial charge in [-0.3, -0.25) is 0 Å². The average molecular weight is 871 g/mol. The minimum Gasteiger partial charge on any atom is -0.455 e. The minimum absolute atomic E-state index is 0.0121. The number of nitrogens with zero attached hydrogens (tertiary/aromatic N) is 2. The average Bonchev–Trinajstić information content (AvgIpc) is 3.96. The third kappa shape index (κ3) is 5.44. The molecule has 2 aliphatic heterocycles. The fourth-order valence-electron chi connectivity index (χ4n) is 11.6.